The summed E-state index contributed by atoms with van der Waals surface area (Å²) in [6, 6.07) is 12.5. The number of carbonyl (C=O) groups excluding carboxylic acids is 1. The van der Waals surface area contributed by atoms with Gasteiger partial charge in [-0.2, -0.15) is 0 Å². The number of rotatable bonds is 3. The van der Waals surface area contributed by atoms with Gasteiger partial charge < -0.3 is 4.90 Å². The molecule has 0 bridgehead atoms. The van der Waals surface area contributed by atoms with Gasteiger partial charge in [-0.15, -0.1) is 22.7 Å². The molecule has 0 unspecified atom stereocenters. The molecule has 1 aliphatic heterocycles. The monoisotopic (exact) mass is 354 g/mol. The second kappa shape index (κ2) is 6.49. The smallest absolute Gasteiger partial charge is 0.228 e. The van der Waals surface area contributed by atoms with Crippen LogP contribution < -0.4 is 0 Å². The van der Waals surface area contributed by atoms with Gasteiger partial charge in [0.15, 0.2) is 0 Å². The van der Waals surface area contributed by atoms with Gasteiger partial charge in [-0.1, -0.05) is 30.3 Å². The Morgan fingerprint density at radius 2 is 2.04 bits per heavy atom. The lowest BCUT2D eigenvalue weighted by Gasteiger charge is -2.28. The van der Waals surface area contributed by atoms with Crippen LogP contribution >= 0.6 is 22.7 Å². The van der Waals surface area contributed by atoms with E-state index in [1.165, 1.54) is 11.1 Å². The lowest BCUT2D eigenvalue weighted by molar-refractivity contribution is -0.131. The number of carbonyl (C=O) groups is 1. The van der Waals surface area contributed by atoms with E-state index in [0.717, 1.165) is 40.0 Å². The van der Waals surface area contributed by atoms with Crippen molar-refractivity contribution in [1.29, 1.82) is 0 Å². The van der Waals surface area contributed by atoms with Crippen molar-refractivity contribution in [2.45, 2.75) is 26.3 Å². The Hall–Kier alpha value is -1.98. The summed E-state index contributed by atoms with van der Waals surface area (Å²) >= 11 is 3.31. The maximum Gasteiger partial charge on any atom is 0.228 e. The van der Waals surface area contributed by atoms with E-state index in [1.54, 1.807) is 22.7 Å². The number of amides is 1. The number of aromatic nitrogens is 1. The lowest BCUT2D eigenvalue weighted by Crippen LogP contribution is -2.36. The van der Waals surface area contributed by atoms with Gasteiger partial charge in [-0.05, 0) is 35.9 Å². The van der Waals surface area contributed by atoms with Gasteiger partial charge in [0.25, 0.3) is 0 Å². The summed E-state index contributed by atoms with van der Waals surface area (Å²) in [7, 11) is 0. The summed E-state index contributed by atoms with van der Waals surface area (Å²) in [4.78, 5) is 21.7. The van der Waals surface area contributed by atoms with Gasteiger partial charge in [0.1, 0.15) is 0 Å². The van der Waals surface area contributed by atoms with E-state index in [2.05, 4.69) is 34.6 Å². The Labute approximate surface area is 149 Å². The fraction of sp³-hybridized carbons (Fsp3) is 0.263. The third-order valence-electron chi connectivity index (χ3n) is 4.35. The Balaban J connectivity index is 1.54. The highest BCUT2D eigenvalue weighted by Crippen LogP contribution is 2.32. The number of thiophene rings is 1. The van der Waals surface area contributed by atoms with E-state index in [-0.39, 0.29) is 5.91 Å². The van der Waals surface area contributed by atoms with Crippen LogP contribution in [-0.2, 0) is 24.2 Å². The largest absolute Gasteiger partial charge is 0.338 e. The zero-order valence-electron chi connectivity index (χ0n) is 13.5. The molecule has 3 heterocycles. The summed E-state index contributed by atoms with van der Waals surface area (Å²) < 4.78 is 0. The number of aryl methyl sites for hydroxylation is 1. The second-order valence-corrected chi connectivity index (χ2v) is 8.23. The summed E-state index contributed by atoms with van der Waals surface area (Å²) in [6.45, 7) is 3.54. The fourth-order valence-corrected chi connectivity index (χ4v) is 4.90. The first-order valence-electron chi connectivity index (χ1n) is 8.05. The molecule has 5 heteroatoms. The Bertz CT molecular complexity index is 867. The van der Waals surface area contributed by atoms with Crippen LogP contribution in [0.3, 0.4) is 0 Å². The number of hydrogen-bond acceptors (Lipinski definition) is 4. The minimum atomic E-state index is 0.200. The number of benzene rings is 1. The van der Waals surface area contributed by atoms with Crippen LogP contribution in [0.4, 0.5) is 0 Å². The topological polar surface area (TPSA) is 33.2 Å². The number of fused-ring (bicyclic) bond motifs is 1. The maximum absolute atomic E-state index is 12.8. The van der Waals surface area contributed by atoms with Gasteiger partial charge in [-0.3, -0.25) is 4.79 Å². The quantitative estimate of drug-likeness (QED) is 0.702. The van der Waals surface area contributed by atoms with Crippen LogP contribution in [0.5, 0.6) is 0 Å². The van der Waals surface area contributed by atoms with Gasteiger partial charge in [0.2, 0.25) is 5.91 Å². The highest BCUT2D eigenvalue weighted by molar-refractivity contribution is 7.15. The van der Waals surface area contributed by atoms with Crippen LogP contribution in [0.25, 0.3) is 10.6 Å². The fourth-order valence-electron chi connectivity index (χ4n) is 3.15. The standard InChI is InChI=1S/C19H18N2OS2/c1-13-20-19(16-7-4-10-23-16)17(24-13)11-18(22)21-9-8-14-5-2-3-6-15(14)12-21/h2-7,10H,8-9,11-12H2,1H3. The van der Waals surface area contributed by atoms with Crippen molar-refractivity contribution in [1.82, 2.24) is 9.88 Å². The zero-order chi connectivity index (χ0) is 16.5. The SMILES string of the molecule is Cc1nc(-c2cccs2)c(CC(=O)N2CCc3ccccc3C2)s1. The molecule has 0 radical (unpaired) electrons. The minimum Gasteiger partial charge on any atom is -0.338 e. The van der Waals surface area contributed by atoms with E-state index < -0.39 is 0 Å². The molecule has 0 saturated heterocycles. The third-order valence-corrected chi connectivity index (χ3v) is 6.20. The predicted octanol–water partition coefficient (Wildman–Crippen LogP) is 4.31. The molecule has 1 aromatic carbocycles. The predicted molar refractivity (Wildman–Crippen MR) is 99.4 cm³/mol. The molecule has 0 fully saturated rings. The highest BCUT2D eigenvalue weighted by Gasteiger charge is 2.23. The maximum atomic E-state index is 12.8. The van der Waals surface area contributed by atoms with Gasteiger partial charge in [0, 0.05) is 18.0 Å². The van der Waals surface area contributed by atoms with E-state index in [0.29, 0.717) is 6.42 Å². The van der Waals surface area contributed by atoms with E-state index in [1.807, 2.05) is 24.0 Å². The Kier molecular flexibility index (Phi) is 4.21. The molecule has 0 N–H and O–H groups in total. The van der Waals surface area contributed by atoms with Crippen molar-refractivity contribution in [3.8, 4) is 10.6 Å². The van der Waals surface area contributed by atoms with Crippen molar-refractivity contribution in [2.75, 3.05) is 6.54 Å². The van der Waals surface area contributed by atoms with Crippen molar-refractivity contribution in [2.24, 2.45) is 0 Å². The van der Waals surface area contributed by atoms with E-state index >= 15 is 0 Å². The van der Waals surface area contributed by atoms with Crippen LogP contribution in [-0.4, -0.2) is 22.3 Å². The second-order valence-electron chi connectivity index (χ2n) is 5.99. The average molecular weight is 354 g/mol. The van der Waals surface area contributed by atoms with Gasteiger partial charge in [0.05, 0.1) is 22.0 Å². The molecule has 0 atom stereocenters. The third kappa shape index (κ3) is 3.01. The van der Waals surface area contributed by atoms with Crippen LogP contribution in [0.15, 0.2) is 41.8 Å². The lowest BCUT2D eigenvalue weighted by atomic mass is 9.99. The average Bonchev–Trinajstić information content (AvgIpc) is 3.24. The van der Waals surface area contributed by atoms with Crippen molar-refractivity contribution in [3.05, 3.63) is 62.8 Å². The molecule has 0 aliphatic carbocycles. The molecular weight excluding hydrogens is 336 g/mol. The van der Waals surface area contributed by atoms with Gasteiger partial charge in [-0.25, -0.2) is 4.98 Å². The summed E-state index contributed by atoms with van der Waals surface area (Å²) in [5.41, 5.74) is 3.63. The summed E-state index contributed by atoms with van der Waals surface area (Å²) in [6.07, 6.45) is 1.39. The minimum absolute atomic E-state index is 0.200. The Morgan fingerprint density at radius 3 is 2.83 bits per heavy atom. The van der Waals surface area contributed by atoms with Crippen molar-refractivity contribution >= 4 is 28.6 Å². The first-order chi connectivity index (χ1) is 11.7. The molecule has 2 aromatic heterocycles. The summed E-state index contributed by atoms with van der Waals surface area (Å²) in [5, 5.41) is 3.07. The van der Waals surface area contributed by atoms with Gasteiger partial charge >= 0.3 is 0 Å². The van der Waals surface area contributed by atoms with Crippen LogP contribution in [0.1, 0.15) is 21.0 Å². The number of thiazole rings is 1. The molecule has 3 nitrogen and oxygen atoms in total. The normalized spacial score (nSPS) is 13.8. The first-order valence-corrected chi connectivity index (χ1v) is 9.75. The van der Waals surface area contributed by atoms with E-state index in [4.69, 9.17) is 0 Å². The van der Waals surface area contributed by atoms with E-state index in [9.17, 15) is 4.79 Å². The number of hydrogen-bond donors (Lipinski definition) is 0. The molecular formula is C19H18N2OS2. The molecule has 24 heavy (non-hydrogen) atoms. The molecule has 122 valence electrons. The van der Waals surface area contributed by atoms with Crippen LogP contribution in [0, 0.1) is 6.92 Å². The molecule has 0 saturated carbocycles. The van der Waals surface area contributed by atoms with Crippen LogP contribution in [0.2, 0.25) is 0 Å². The molecule has 4 rings (SSSR count). The molecule has 1 amide bonds. The first kappa shape index (κ1) is 15.5. The number of nitrogens with zero attached hydrogens (tertiary/aromatic N) is 2. The molecule has 0 spiro atoms. The zero-order valence-corrected chi connectivity index (χ0v) is 15.1. The summed E-state index contributed by atoms with van der Waals surface area (Å²) in [5.74, 6) is 0.200. The molecule has 1 aliphatic rings. The van der Waals surface area contributed by atoms with Crippen molar-refractivity contribution in [3.63, 3.8) is 0 Å². The Morgan fingerprint density at radius 1 is 1.21 bits per heavy atom. The van der Waals surface area contributed by atoms with Crippen molar-refractivity contribution < 1.29 is 4.79 Å². The molecule has 3 aromatic rings. The highest BCUT2D eigenvalue weighted by atomic mass is 32.1.